The van der Waals surface area contributed by atoms with Gasteiger partial charge in [-0.2, -0.15) is 11.5 Å². The van der Waals surface area contributed by atoms with Crippen molar-refractivity contribution in [3.8, 4) is 0 Å². The minimum absolute atomic E-state index is 0. The molecule has 0 fully saturated rings. The summed E-state index contributed by atoms with van der Waals surface area (Å²) in [6.07, 6.45) is 0. The van der Waals surface area contributed by atoms with Gasteiger partial charge in [-0.15, -0.1) is 10.9 Å². The summed E-state index contributed by atoms with van der Waals surface area (Å²) < 4.78 is 0. The molecule has 0 saturated carbocycles. The Balaban J connectivity index is 0.00000169. The molecular weight excluding hydrogens is 360 g/mol. The van der Waals surface area contributed by atoms with Crippen LogP contribution in [-0.4, -0.2) is 0 Å². The van der Waals surface area contributed by atoms with E-state index in [0.717, 1.165) is 0 Å². The molecule has 14 heavy (non-hydrogen) atoms. The molecule has 0 atom stereocenters. The number of aryl methyl sites for hydroxylation is 1. The Kier molecular flexibility index (Phi) is 4.94. The Morgan fingerprint density at radius 3 is 2.00 bits per heavy atom. The molecule has 1 aromatic heterocycles. The minimum Gasteiger partial charge on any atom is -0.230 e. The summed E-state index contributed by atoms with van der Waals surface area (Å²) in [4.78, 5) is 1.46. The fraction of sp³-hybridized carbons (Fsp3) is 0.583. The van der Waals surface area contributed by atoms with Crippen molar-refractivity contribution in [1.29, 1.82) is 0 Å². The fourth-order valence-electron chi connectivity index (χ4n) is 1.75. The summed E-state index contributed by atoms with van der Waals surface area (Å²) in [7, 11) is 0. The van der Waals surface area contributed by atoms with Crippen LogP contribution in [0.5, 0.6) is 0 Å². The molecule has 0 aliphatic carbocycles. The van der Waals surface area contributed by atoms with Gasteiger partial charge in [0.25, 0.3) is 0 Å². The standard InChI is InChI=1S/C12H19S.W/c1-8(2)10-7-13-9(3)11(10)12(4,5)6;/h7H,1-6H3;/q-1;. The van der Waals surface area contributed by atoms with Crippen molar-refractivity contribution >= 4 is 11.3 Å². The van der Waals surface area contributed by atoms with Crippen molar-refractivity contribution in [3.63, 3.8) is 0 Å². The molecule has 0 bridgehead atoms. The van der Waals surface area contributed by atoms with Crippen molar-refractivity contribution in [2.45, 2.75) is 47.0 Å². The maximum Gasteiger partial charge on any atom is 0 e. The van der Waals surface area contributed by atoms with Crippen molar-refractivity contribution in [3.05, 3.63) is 27.3 Å². The van der Waals surface area contributed by atoms with Gasteiger partial charge in [0.1, 0.15) is 0 Å². The summed E-state index contributed by atoms with van der Waals surface area (Å²) in [6.45, 7) is 13.5. The van der Waals surface area contributed by atoms with E-state index in [1.165, 1.54) is 21.9 Å². The van der Waals surface area contributed by atoms with E-state index in [4.69, 9.17) is 0 Å². The molecule has 0 nitrogen and oxygen atoms in total. The van der Waals surface area contributed by atoms with Crippen molar-refractivity contribution < 1.29 is 21.1 Å². The topological polar surface area (TPSA) is 0 Å². The number of thiophene rings is 1. The van der Waals surface area contributed by atoms with Crippen LogP contribution in [0.4, 0.5) is 0 Å². The van der Waals surface area contributed by atoms with E-state index < -0.39 is 0 Å². The predicted molar refractivity (Wildman–Crippen MR) is 61.4 cm³/mol. The van der Waals surface area contributed by atoms with Gasteiger partial charge in [0, 0.05) is 21.1 Å². The van der Waals surface area contributed by atoms with Crippen LogP contribution in [-0.2, 0) is 26.5 Å². The monoisotopic (exact) mass is 379 g/mol. The third kappa shape index (κ3) is 2.87. The van der Waals surface area contributed by atoms with Gasteiger partial charge in [0.2, 0.25) is 0 Å². The Hall–Kier alpha value is 0.258. The molecule has 1 heterocycles. The van der Waals surface area contributed by atoms with E-state index in [-0.39, 0.29) is 26.5 Å². The van der Waals surface area contributed by atoms with Crippen molar-refractivity contribution in [2.75, 3.05) is 0 Å². The van der Waals surface area contributed by atoms with Gasteiger partial charge in [-0.1, -0.05) is 44.9 Å². The molecule has 2 heteroatoms. The third-order valence-electron chi connectivity index (χ3n) is 2.26. The summed E-state index contributed by atoms with van der Waals surface area (Å²) in [6, 6.07) is 0. The first-order valence-corrected chi connectivity index (χ1v) is 5.61. The van der Waals surface area contributed by atoms with Gasteiger partial charge in [0.15, 0.2) is 0 Å². The predicted octanol–water partition coefficient (Wildman–Crippen LogP) is 4.31. The average Bonchev–Trinajstić information content (AvgIpc) is 2.28. The summed E-state index contributed by atoms with van der Waals surface area (Å²) in [5.41, 5.74) is 3.25. The van der Waals surface area contributed by atoms with Crippen LogP contribution >= 0.6 is 11.3 Å². The van der Waals surface area contributed by atoms with Crippen LogP contribution in [0.15, 0.2) is 5.38 Å². The minimum atomic E-state index is 0. The molecular formula is C12H19SW-. The Bertz CT molecular complexity index is 292. The second-order valence-corrected chi connectivity index (χ2v) is 5.91. The van der Waals surface area contributed by atoms with Gasteiger partial charge in [0.05, 0.1) is 0 Å². The van der Waals surface area contributed by atoms with Crippen LogP contribution in [0.1, 0.15) is 50.6 Å². The third-order valence-corrected chi connectivity index (χ3v) is 3.17. The van der Waals surface area contributed by atoms with Crippen LogP contribution in [0.3, 0.4) is 0 Å². The molecule has 1 aromatic rings. The average molecular weight is 379 g/mol. The molecule has 0 aliphatic rings. The quantitative estimate of drug-likeness (QED) is 0.638. The number of rotatable bonds is 1. The molecule has 80 valence electrons. The molecule has 1 rings (SSSR count). The van der Waals surface area contributed by atoms with E-state index in [1.807, 2.05) is 11.3 Å². The molecule has 0 saturated heterocycles. The molecule has 0 radical (unpaired) electrons. The van der Waals surface area contributed by atoms with Crippen LogP contribution < -0.4 is 0 Å². The Morgan fingerprint density at radius 1 is 1.21 bits per heavy atom. The van der Waals surface area contributed by atoms with Gasteiger partial charge in [-0.25, -0.2) is 11.3 Å². The summed E-state index contributed by atoms with van der Waals surface area (Å²) in [5, 5.41) is 2.28. The number of hydrogen-bond donors (Lipinski definition) is 0. The summed E-state index contributed by atoms with van der Waals surface area (Å²) in [5.74, 6) is 1.43. The van der Waals surface area contributed by atoms with Gasteiger partial charge in [-0.3, -0.25) is 0 Å². The largest absolute Gasteiger partial charge is 0.230 e. The molecule has 0 aromatic carbocycles. The van der Waals surface area contributed by atoms with E-state index in [1.54, 1.807) is 0 Å². The van der Waals surface area contributed by atoms with E-state index in [0.29, 0.717) is 0 Å². The molecule has 0 N–H and O–H groups in total. The van der Waals surface area contributed by atoms with E-state index in [2.05, 4.69) is 46.9 Å². The Morgan fingerprint density at radius 2 is 1.71 bits per heavy atom. The second kappa shape index (κ2) is 4.85. The maximum atomic E-state index is 2.29. The normalized spacial score (nSPS) is 11.0. The zero-order valence-electron chi connectivity index (χ0n) is 9.89. The van der Waals surface area contributed by atoms with Gasteiger partial charge in [-0.05, 0) is 6.92 Å². The maximum absolute atomic E-state index is 2.29. The summed E-state index contributed by atoms with van der Waals surface area (Å²) >= 11 is 1.87. The zero-order chi connectivity index (χ0) is 10.2. The van der Waals surface area contributed by atoms with Crippen molar-refractivity contribution in [1.82, 2.24) is 0 Å². The van der Waals surface area contributed by atoms with Crippen LogP contribution in [0, 0.1) is 12.8 Å². The second-order valence-electron chi connectivity index (χ2n) is 4.83. The van der Waals surface area contributed by atoms with Gasteiger partial charge < -0.3 is 0 Å². The first kappa shape index (κ1) is 14.3. The van der Waals surface area contributed by atoms with E-state index in [9.17, 15) is 0 Å². The molecule has 0 spiro atoms. The van der Waals surface area contributed by atoms with Gasteiger partial charge >= 0.3 is 0 Å². The van der Waals surface area contributed by atoms with E-state index >= 15 is 0 Å². The molecule has 0 aliphatic heterocycles. The van der Waals surface area contributed by atoms with Crippen molar-refractivity contribution in [2.24, 2.45) is 0 Å². The van der Waals surface area contributed by atoms with Crippen LogP contribution in [0.25, 0.3) is 0 Å². The molecule has 0 amide bonds. The first-order chi connectivity index (χ1) is 5.84. The van der Waals surface area contributed by atoms with Crippen LogP contribution in [0.2, 0.25) is 0 Å². The first-order valence-electron chi connectivity index (χ1n) is 4.73. The Labute approximate surface area is 106 Å². The molecule has 0 unspecified atom stereocenters. The zero-order valence-corrected chi connectivity index (χ0v) is 13.6. The SMILES string of the molecule is Cc1scc([C-](C)C)c1C(C)(C)C.[W]. The number of hydrogen-bond acceptors (Lipinski definition) is 1. The fourth-order valence-corrected chi connectivity index (χ4v) is 2.94. The smallest absolute Gasteiger partial charge is 0 e.